The molecule has 1 heterocycles. The largest absolute Gasteiger partial charge is 0.312 e. The van der Waals surface area contributed by atoms with Crippen molar-refractivity contribution in [3.8, 4) is 5.69 Å². The molecule has 1 aliphatic carbocycles. The molecule has 3 nitrogen and oxygen atoms in total. The van der Waals surface area contributed by atoms with Gasteiger partial charge in [0.25, 0.3) is 0 Å². The van der Waals surface area contributed by atoms with Gasteiger partial charge in [-0.15, -0.1) is 0 Å². The Balaban J connectivity index is 1.83. The normalized spacial score (nSPS) is 14.9. The van der Waals surface area contributed by atoms with E-state index in [0.717, 1.165) is 13.1 Å². The van der Waals surface area contributed by atoms with Crippen LogP contribution in [0.3, 0.4) is 0 Å². The quantitative estimate of drug-likeness (QED) is 0.870. The highest BCUT2D eigenvalue weighted by Gasteiger charge is 2.30. The molecule has 1 fully saturated rings. The zero-order valence-electron chi connectivity index (χ0n) is 12.3. The molecule has 1 saturated carbocycles. The maximum absolute atomic E-state index is 4.62. The molecule has 0 atom stereocenters. The van der Waals surface area contributed by atoms with Crippen molar-refractivity contribution in [1.29, 1.82) is 0 Å². The Morgan fingerprint density at radius 3 is 2.65 bits per heavy atom. The highest BCUT2D eigenvalue weighted by atomic mass is 15.3. The summed E-state index contributed by atoms with van der Waals surface area (Å²) in [7, 11) is 0. The molecular formula is C17H23N3. The number of aromatic nitrogens is 2. The summed E-state index contributed by atoms with van der Waals surface area (Å²) in [5.41, 5.74) is 3.94. The predicted molar refractivity (Wildman–Crippen MR) is 82.1 cm³/mol. The first kappa shape index (κ1) is 13.4. The highest BCUT2D eigenvalue weighted by molar-refractivity contribution is 5.37. The molecule has 3 rings (SSSR count). The van der Waals surface area contributed by atoms with Crippen LogP contribution in [0.15, 0.2) is 36.5 Å². The molecule has 2 aromatic rings. The predicted octanol–water partition coefficient (Wildman–Crippen LogP) is 3.50. The maximum Gasteiger partial charge on any atom is 0.0649 e. The number of hydrogen-bond donors (Lipinski definition) is 1. The van der Waals surface area contributed by atoms with Crippen LogP contribution in [0.1, 0.15) is 43.9 Å². The van der Waals surface area contributed by atoms with Crippen molar-refractivity contribution in [2.45, 2.75) is 39.2 Å². The molecule has 0 radical (unpaired) electrons. The van der Waals surface area contributed by atoms with E-state index >= 15 is 0 Å². The molecule has 0 saturated heterocycles. The van der Waals surface area contributed by atoms with Crippen molar-refractivity contribution < 1.29 is 0 Å². The number of hydrogen-bond acceptors (Lipinski definition) is 2. The Morgan fingerprint density at radius 1 is 1.25 bits per heavy atom. The van der Waals surface area contributed by atoms with E-state index in [4.69, 9.17) is 0 Å². The SMILES string of the molecule is CC(C)CNCc1cnn(-c2ccccc2)c1C1CC1. The molecule has 0 bridgehead atoms. The zero-order chi connectivity index (χ0) is 13.9. The second-order valence-corrected chi connectivity index (χ2v) is 6.10. The van der Waals surface area contributed by atoms with Crippen LogP contribution >= 0.6 is 0 Å². The van der Waals surface area contributed by atoms with Crippen LogP contribution in [-0.2, 0) is 6.54 Å². The van der Waals surface area contributed by atoms with Gasteiger partial charge in [0.2, 0.25) is 0 Å². The van der Waals surface area contributed by atoms with E-state index in [0.29, 0.717) is 11.8 Å². The summed E-state index contributed by atoms with van der Waals surface area (Å²) in [5.74, 6) is 1.39. The minimum absolute atomic E-state index is 0.684. The highest BCUT2D eigenvalue weighted by Crippen LogP contribution is 2.42. The lowest BCUT2D eigenvalue weighted by Gasteiger charge is -2.10. The Morgan fingerprint density at radius 2 is 2.00 bits per heavy atom. The summed E-state index contributed by atoms with van der Waals surface area (Å²) >= 11 is 0. The average Bonchev–Trinajstić information content (AvgIpc) is 3.20. The Bertz CT molecular complexity index is 553. The molecule has 20 heavy (non-hydrogen) atoms. The number of benzene rings is 1. The molecule has 1 aromatic heterocycles. The van der Waals surface area contributed by atoms with E-state index in [1.165, 1.54) is 29.8 Å². The van der Waals surface area contributed by atoms with Crippen LogP contribution in [0.4, 0.5) is 0 Å². The summed E-state index contributed by atoms with van der Waals surface area (Å²) in [4.78, 5) is 0. The smallest absolute Gasteiger partial charge is 0.0649 e. The number of rotatable bonds is 6. The van der Waals surface area contributed by atoms with Gasteiger partial charge in [0.15, 0.2) is 0 Å². The zero-order valence-corrected chi connectivity index (χ0v) is 12.3. The summed E-state index contributed by atoms with van der Waals surface area (Å²) in [6.07, 6.45) is 4.64. The minimum Gasteiger partial charge on any atom is -0.312 e. The van der Waals surface area contributed by atoms with Gasteiger partial charge in [-0.1, -0.05) is 32.0 Å². The first-order chi connectivity index (χ1) is 9.75. The molecule has 0 spiro atoms. The van der Waals surface area contributed by atoms with Gasteiger partial charge in [-0.3, -0.25) is 0 Å². The second kappa shape index (κ2) is 5.80. The van der Waals surface area contributed by atoms with Crippen molar-refractivity contribution in [1.82, 2.24) is 15.1 Å². The molecule has 0 amide bonds. The van der Waals surface area contributed by atoms with Gasteiger partial charge in [0, 0.05) is 18.0 Å². The van der Waals surface area contributed by atoms with Crippen molar-refractivity contribution in [2.75, 3.05) is 6.54 Å². The fourth-order valence-electron chi connectivity index (χ4n) is 2.59. The molecule has 106 valence electrons. The van der Waals surface area contributed by atoms with Crippen LogP contribution in [0, 0.1) is 5.92 Å². The van der Waals surface area contributed by atoms with E-state index < -0.39 is 0 Å². The fourth-order valence-corrected chi connectivity index (χ4v) is 2.59. The van der Waals surface area contributed by atoms with E-state index in [-0.39, 0.29) is 0 Å². The van der Waals surface area contributed by atoms with Gasteiger partial charge in [0.05, 0.1) is 17.6 Å². The third kappa shape index (κ3) is 2.93. The summed E-state index contributed by atoms with van der Waals surface area (Å²) in [6.45, 7) is 6.46. The van der Waals surface area contributed by atoms with Gasteiger partial charge in [-0.25, -0.2) is 4.68 Å². The van der Waals surface area contributed by atoms with Crippen LogP contribution in [-0.4, -0.2) is 16.3 Å². The molecular weight excluding hydrogens is 246 g/mol. The summed E-state index contributed by atoms with van der Waals surface area (Å²) < 4.78 is 2.13. The van der Waals surface area contributed by atoms with Crippen LogP contribution in [0.2, 0.25) is 0 Å². The Labute approximate surface area is 121 Å². The van der Waals surface area contributed by atoms with Gasteiger partial charge >= 0.3 is 0 Å². The second-order valence-electron chi connectivity index (χ2n) is 6.10. The van der Waals surface area contributed by atoms with E-state index in [9.17, 15) is 0 Å². The minimum atomic E-state index is 0.684. The van der Waals surface area contributed by atoms with Gasteiger partial charge in [-0.2, -0.15) is 5.10 Å². The number of nitrogens with one attached hydrogen (secondary N) is 1. The summed E-state index contributed by atoms with van der Waals surface area (Å²) in [6, 6.07) is 10.5. The van der Waals surface area contributed by atoms with Crippen LogP contribution in [0.25, 0.3) is 5.69 Å². The topological polar surface area (TPSA) is 29.9 Å². The molecule has 0 aliphatic heterocycles. The third-order valence-corrected chi connectivity index (χ3v) is 3.72. The van der Waals surface area contributed by atoms with Crippen molar-refractivity contribution in [2.24, 2.45) is 5.92 Å². The monoisotopic (exact) mass is 269 g/mol. The van der Waals surface area contributed by atoms with E-state index in [2.05, 4.69) is 59.3 Å². The van der Waals surface area contributed by atoms with Crippen molar-refractivity contribution in [3.63, 3.8) is 0 Å². The third-order valence-electron chi connectivity index (χ3n) is 3.72. The molecule has 1 N–H and O–H groups in total. The molecule has 0 unspecified atom stereocenters. The lowest BCUT2D eigenvalue weighted by molar-refractivity contribution is 0.550. The van der Waals surface area contributed by atoms with E-state index in [1.54, 1.807) is 0 Å². The maximum atomic E-state index is 4.62. The average molecular weight is 269 g/mol. The van der Waals surface area contributed by atoms with Crippen LogP contribution in [0.5, 0.6) is 0 Å². The first-order valence-electron chi connectivity index (χ1n) is 7.58. The van der Waals surface area contributed by atoms with E-state index in [1.807, 2.05) is 6.20 Å². The molecule has 1 aliphatic rings. The lowest BCUT2D eigenvalue weighted by atomic mass is 10.1. The number of para-hydroxylation sites is 1. The standard InChI is InChI=1S/C17H23N3/c1-13(2)10-18-11-15-12-19-20(17(15)14-8-9-14)16-6-4-3-5-7-16/h3-7,12-14,18H,8-11H2,1-2H3. The molecule has 1 aromatic carbocycles. The van der Waals surface area contributed by atoms with Gasteiger partial charge in [0.1, 0.15) is 0 Å². The van der Waals surface area contributed by atoms with Gasteiger partial charge < -0.3 is 5.32 Å². The summed E-state index contributed by atoms with van der Waals surface area (Å²) in [5, 5.41) is 8.16. The van der Waals surface area contributed by atoms with Crippen LogP contribution < -0.4 is 5.32 Å². The fraction of sp³-hybridized carbons (Fsp3) is 0.471. The number of nitrogens with zero attached hydrogens (tertiary/aromatic N) is 2. The molecule has 3 heteroatoms. The Kier molecular flexibility index (Phi) is 3.88. The van der Waals surface area contributed by atoms with Crippen molar-refractivity contribution >= 4 is 0 Å². The van der Waals surface area contributed by atoms with Gasteiger partial charge in [-0.05, 0) is 37.4 Å². The first-order valence-corrected chi connectivity index (χ1v) is 7.58. The lowest BCUT2D eigenvalue weighted by Crippen LogP contribution is -2.19. The Hall–Kier alpha value is -1.61. The van der Waals surface area contributed by atoms with Crippen molar-refractivity contribution in [3.05, 3.63) is 47.8 Å².